The third-order valence-corrected chi connectivity index (χ3v) is 2.84. The maximum Gasteiger partial charge on any atom is 0.135 e. The minimum Gasteiger partial charge on any atom is -0.326 e. The first-order chi connectivity index (χ1) is 7.15. The van der Waals surface area contributed by atoms with E-state index in [1.165, 1.54) is 0 Å². The lowest BCUT2D eigenvalue weighted by Crippen LogP contribution is -2.03. The van der Waals surface area contributed by atoms with Crippen LogP contribution in [0.25, 0.3) is 10.9 Å². The van der Waals surface area contributed by atoms with Gasteiger partial charge in [-0.1, -0.05) is 23.7 Å². The van der Waals surface area contributed by atoms with Crippen LogP contribution in [0.2, 0.25) is 5.15 Å². The van der Waals surface area contributed by atoms with E-state index in [1.54, 1.807) is 0 Å². The standard InChI is InChI=1S/C11H14ClN3/c1-7(2)15-11(12)9-5-3-4-8(6-13)10(9)14-15/h3-5,7H,6,13H2,1-2H3. The van der Waals surface area contributed by atoms with Gasteiger partial charge in [-0.25, -0.2) is 0 Å². The maximum atomic E-state index is 6.24. The Morgan fingerprint density at radius 2 is 2.20 bits per heavy atom. The second kappa shape index (κ2) is 3.83. The van der Waals surface area contributed by atoms with Gasteiger partial charge in [0.05, 0.1) is 5.52 Å². The maximum absolute atomic E-state index is 6.24. The van der Waals surface area contributed by atoms with E-state index in [0.29, 0.717) is 11.7 Å². The fourth-order valence-corrected chi connectivity index (χ4v) is 2.04. The summed E-state index contributed by atoms with van der Waals surface area (Å²) >= 11 is 6.24. The van der Waals surface area contributed by atoms with E-state index >= 15 is 0 Å². The van der Waals surface area contributed by atoms with E-state index in [-0.39, 0.29) is 6.04 Å². The van der Waals surface area contributed by atoms with Crippen molar-refractivity contribution in [2.24, 2.45) is 5.73 Å². The number of fused-ring (bicyclic) bond motifs is 1. The van der Waals surface area contributed by atoms with E-state index in [0.717, 1.165) is 16.5 Å². The first-order valence-electron chi connectivity index (χ1n) is 5.00. The van der Waals surface area contributed by atoms with Crippen molar-refractivity contribution in [2.45, 2.75) is 26.4 Å². The average Bonchev–Trinajstić information content (AvgIpc) is 2.56. The average molecular weight is 224 g/mol. The van der Waals surface area contributed by atoms with Crippen LogP contribution in [-0.4, -0.2) is 9.78 Å². The molecule has 2 rings (SSSR count). The largest absolute Gasteiger partial charge is 0.326 e. The zero-order valence-corrected chi connectivity index (χ0v) is 9.62. The second-order valence-corrected chi connectivity index (χ2v) is 4.20. The predicted molar refractivity (Wildman–Crippen MR) is 63.0 cm³/mol. The SMILES string of the molecule is CC(C)n1nc2c(CN)cccc2c1Cl. The highest BCUT2D eigenvalue weighted by molar-refractivity contribution is 6.34. The Morgan fingerprint density at radius 1 is 1.47 bits per heavy atom. The van der Waals surface area contributed by atoms with Crippen LogP contribution < -0.4 is 5.73 Å². The van der Waals surface area contributed by atoms with Crippen LogP contribution in [0.5, 0.6) is 0 Å². The highest BCUT2D eigenvalue weighted by Crippen LogP contribution is 2.27. The summed E-state index contributed by atoms with van der Waals surface area (Å²) in [6.45, 7) is 4.60. The minimum atomic E-state index is 0.260. The fraction of sp³-hybridized carbons (Fsp3) is 0.364. The molecule has 2 N–H and O–H groups in total. The van der Waals surface area contributed by atoms with Crippen molar-refractivity contribution in [3.8, 4) is 0 Å². The van der Waals surface area contributed by atoms with Crippen molar-refractivity contribution in [1.29, 1.82) is 0 Å². The lowest BCUT2D eigenvalue weighted by atomic mass is 10.1. The molecule has 4 heteroatoms. The summed E-state index contributed by atoms with van der Waals surface area (Å²) < 4.78 is 1.82. The van der Waals surface area contributed by atoms with Gasteiger partial charge in [-0.05, 0) is 25.5 Å². The molecule has 0 bridgehead atoms. The van der Waals surface area contributed by atoms with Gasteiger partial charge in [-0.3, -0.25) is 4.68 Å². The zero-order chi connectivity index (χ0) is 11.0. The second-order valence-electron chi connectivity index (χ2n) is 3.85. The van der Waals surface area contributed by atoms with Gasteiger partial charge in [0.1, 0.15) is 5.15 Å². The van der Waals surface area contributed by atoms with Gasteiger partial charge in [0.15, 0.2) is 0 Å². The summed E-state index contributed by atoms with van der Waals surface area (Å²) in [5.74, 6) is 0. The molecule has 1 heterocycles. The molecule has 0 amide bonds. The van der Waals surface area contributed by atoms with Crippen molar-refractivity contribution >= 4 is 22.5 Å². The molecule has 3 nitrogen and oxygen atoms in total. The number of halogens is 1. The molecule has 80 valence electrons. The molecule has 0 aliphatic carbocycles. The highest BCUT2D eigenvalue weighted by atomic mass is 35.5. The Hall–Kier alpha value is -1.06. The Bertz CT molecular complexity index is 488. The topological polar surface area (TPSA) is 43.8 Å². The number of rotatable bonds is 2. The quantitative estimate of drug-likeness (QED) is 0.851. The Labute approximate surface area is 93.8 Å². The summed E-state index contributed by atoms with van der Waals surface area (Å²) in [6, 6.07) is 6.18. The van der Waals surface area contributed by atoms with Crippen LogP contribution in [-0.2, 0) is 6.54 Å². The number of hydrogen-bond donors (Lipinski definition) is 1. The van der Waals surface area contributed by atoms with Crippen molar-refractivity contribution in [1.82, 2.24) is 9.78 Å². The molecule has 0 aliphatic heterocycles. The first kappa shape index (κ1) is 10.5. The molecule has 0 spiro atoms. The van der Waals surface area contributed by atoms with Crippen LogP contribution in [0.3, 0.4) is 0 Å². The van der Waals surface area contributed by atoms with Gasteiger partial charge in [-0.2, -0.15) is 5.10 Å². The third kappa shape index (κ3) is 1.62. The normalized spacial score (nSPS) is 11.5. The number of nitrogens with two attached hydrogens (primary N) is 1. The van der Waals surface area contributed by atoms with Gasteiger partial charge in [0.2, 0.25) is 0 Å². The highest BCUT2D eigenvalue weighted by Gasteiger charge is 2.12. The van der Waals surface area contributed by atoms with Crippen LogP contribution in [0, 0.1) is 0 Å². The van der Waals surface area contributed by atoms with Gasteiger partial charge in [-0.15, -0.1) is 0 Å². The molecule has 1 aromatic heterocycles. The van der Waals surface area contributed by atoms with E-state index < -0.39 is 0 Å². The Balaban J connectivity index is 2.75. The fourth-order valence-electron chi connectivity index (χ4n) is 1.66. The molecular formula is C11H14ClN3. The molecule has 0 atom stereocenters. The monoisotopic (exact) mass is 223 g/mol. The Kier molecular flexibility index (Phi) is 2.67. The lowest BCUT2D eigenvalue weighted by molar-refractivity contribution is 0.538. The summed E-state index contributed by atoms with van der Waals surface area (Å²) in [7, 11) is 0. The Morgan fingerprint density at radius 3 is 2.80 bits per heavy atom. The zero-order valence-electron chi connectivity index (χ0n) is 8.87. The molecule has 0 aliphatic rings. The summed E-state index contributed by atoms with van der Waals surface area (Å²) in [6.07, 6.45) is 0. The van der Waals surface area contributed by atoms with Gasteiger partial charge in [0.25, 0.3) is 0 Å². The summed E-state index contributed by atoms with van der Waals surface area (Å²) in [5.41, 5.74) is 7.61. The number of benzene rings is 1. The van der Waals surface area contributed by atoms with Crippen LogP contribution >= 0.6 is 11.6 Å². The lowest BCUT2D eigenvalue weighted by Gasteiger charge is -2.05. The van der Waals surface area contributed by atoms with E-state index in [1.807, 2.05) is 22.9 Å². The van der Waals surface area contributed by atoms with E-state index in [4.69, 9.17) is 17.3 Å². The molecule has 0 saturated carbocycles. The van der Waals surface area contributed by atoms with Crippen LogP contribution in [0.1, 0.15) is 25.5 Å². The smallest absolute Gasteiger partial charge is 0.135 e. The molecule has 1 aromatic carbocycles. The van der Waals surface area contributed by atoms with E-state index in [2.05, 4.69) is 18.9 Å². The van der Waals surface area contributed by atoms with Crippen LogP contribution in [0.4, 0.5) is 0 Å². The van der Waals surface area contributed by atoms with Gasteiger partial charge in [0, 0.05) is 18.0 Å². The molecule has 2 aromatic rings. The number of aromatic nitrogens is 2. The molecule has 15 heavy (non-hydrogen) atoms. The molecule has 0 radical (unpaired) electrons. The van der Waals surface area contributed by atoms with Crippen LogP contribution in [0.15, 0.2) is 18.2 Å². The van der Waals surface area contributed by atoms with E-state index in [9.17, 15) is 0 Å². The number of hydrogen-bond acceptors (Lipinski definition) is 2. The number of nitrogens with zero attached hydrogens (tertiary/aromatic N) is 2. The summed E-state index contributed by atoms with van der Waals surface area (Å²) in [4.78, 5) is 0. The van der Waals surface area contributed by atoms with Crippen molar-refractivity contribution < 1.29 is 0 Å². The van der Waals surface area contributed by atoms with Gasteiger partial charge < -0.3 is 5.73 Å². The minimum absolute atomic E-state index is 0.260. The molecule has 0 saturated heterocycles. The van der Waals surface area contributed by atoms with Crippen molar-refractivity contribution in [2.75, 3.05) is 0 Å². The van der Waals surface area contributed by atoms with Gasteiger partial charge >= 0.3 is 0 Å². The molecule has 0 fully saturated rings. The van der Waals surface area contributed by atoms with Crippen molar-refractivity contribution in [3.05, 3.63) is 28.9 Å². The molecule has 0 unspecified atom stereocenters. The first-order valence-corrected chi connectivity index (χ1v) is 5.38. The summed E-state index contributed by atoms with van der Waals surface area (Å²) in [5, 5.41) is 6.16. The van der Waals surface area contributed by atoms with Crippen molar-refractivity contribution in [3.63, 3.8) is 0 Å². The third-order valence-electron chi connectivity index (χ3n) is 2.46. The predicted octanol–water partition coefficient (Wildman–Crippen LogP) is 2.73. The molecular weight excluding hydrogens is 210 g/mol.